The number of nitriles is 1. The van der Waals surface area contributed by atoms with Gasteiger partial charge in [0.05, 0.1) is 11.9 Å². The first-order valence-corrected chi connectivity index (χ1v) is 6.05. The Morgan fingerprint density at radius 2 is 2.14 bits per heavy atom. The molecular formula is C14H9N5O2. The summed E-state index contributed by atoms with van der Waals surface area (Å²) in [4.78, 5) is 32.2. The van der Waals surface area contributed by atoms with E-state index in [9.17, 15) is 9.59 Å². The van der Waals surface area contributed by atoms with Crippen molar-refractivity contribution in [2.24, 2.45) is 0 Å². The topological polar surface area (TPSA) is 114 Å². The average molecular weight is 279 g/mol. The van der Waals surface area contributed by atoms with Crippen LogP contribution in [0.25, 0.3) is 10.9 Å². The van der Waals surface area contributed by atoms with Crippen molar-refractivity contribution in [3.63, 3.8) is 0 Å². The summed E-state index contributed by atoms with van der Waals surface area (Å²) in [5, 5.41) is 12.4. The Hall–Kier alpha value is -3.40. The molecule has 2 heterocycles. The van der Waals surface area contributed by atoms with E-state index in [2.05, 4.69) is 26.3 Å². The number of benzene rings is 1. The number of aromatic amines is 2. The molecule has 3 aromatic rings. The molecule has 0 atom stereocenters. The van der Waals surface area contributed by atoms with Crippen LogP contribution in [0.3, 0.4) is 0 Å². The van der Waals surface area contributed by atoms with Gasteiger partial charge in [-0.15, -0.1) is 0 Å². The van der Waals surface area contributed by atoms with Gasteiger partial charge in [-0.05, 0) is 18.2 Å². The molecule has 0 aliphatic carbocycles. The number of hydrogen-bond acceptors (Lipinski definition) is 4. The number of anilines is 1. The fraction of sp³-hybridized carbons (Fsp3) is 0. The molecule has 102 valence electrons. The Kier molecular flexibility index (Phi) is 2.97. The predicted molar refractivity (Wildman–Crippen MR) is 75.8 cm³/mol. The van der Waals surface area contributed by atoms with Gasteiger partial charge in [0.25, 0.3) is 11.5 Å². The molecule has 0 saturated heterocycles. The van der Waals surface area contributed by atoms with E-state index in [0.717, 1.165) is 17.0 Å². The molecule has 1 aromatic carbocycles. The zero-order chi connectivity index (χ0) is 14.8. The molecule has 0 unspecified atom stereocenters. The average Bonchev–Trinajstić information content (AvgIpc) is 2.89. The Labute approximate surface area is 118 Å². The quantitative estimate of drug-likeness (QED) is 0.657. The standard InChI is InChI=1S/C14H9N5O2/c15-5-8-6-16-11-3-9(1-2-10(8)11)19-14(21)12-4-13(20)18-7-17-12/h1-4,6-7,16H,(H,19,21)(H,17,18,20). The van der Waals surface area contributed by atoms with E-state index < -0.39 is 11.5 Å². The molecule has 1 amide bonds. The Morgan fingerprint density at radius 1 is 1.29 bits per heavy atom. The van der Waals surface area contributed by atoms with Crippen LogP contribution < -0.4 is 10.9 Å². The van der Waals surface area contributed by atoms with Crippen molar-refractivity contribution in [1.82, 2.24) is 15.0 Å². The van der Waals surface area contributed by atoms with Crippen molar-refractivity contribution < 1.29 is 4.79 Å². The summed E-state index contributed by atoms with van der Waals surface area (Å²) in [6.45, 7) is 0. The lowest BCUT2D eigenvalue weighted by molar-refractivity contribution is 0.102. The van der Waals surface area contributed by atoms with E-state index >= 15 is 0 Å². The number of rotatable bonds is 2. The Morgan fingerprint density at radius 3 is 2.90 bits per heavy atom. The monoisotopic (exact) mass is 279 g/mol. The molecule has 0 aliphatic heterocycles. The third kappa shape index (κ3) is 2.37. The molecule has 0 aliphatic rings. The number of carbonyl (C=O) groups is 1. The molecule has 2 aromatic heterocycles. The van der Waals surface area contributed by atoms with Crippen molar-refractivity contribution >= 4 is 22.5 Å². The maximum absolute atomic E-state index is 12.0. The van der Waals surface area contributed by atoms with Crippen molar-refractivity contribution in [3.05, 3.63) is 58.4 Å². The second-order valence-corrected chi connectivity index (χ2v) is 4.33. The highest BCUT2D eigenvalue weighted by Gasteiger charge is 2.09. The number of fused-ring (bicyclic) bond motifs is 1. The molecule has 3 rings (SSSR count). The third-order valence-corrected chi connectivity index (χ3v) is 2.97. The first kappa shape index (κ1) is 12.6. The van der Waals surface area contributed by atoms with Crippen molar-refractivity contribution in [2.75, 3.05) is 5.32 Å². The molecule has 7 heteroatoms. The van der Waals surface area contributed by atoms with Crippen molar-refractivity contribution in [2.45, 2.75) is 0 Å². The highest BCUT2D eigenvalue weighted by molar-refractivity contribution is 6.03. The van der Waals surface area contributed by atoms with Crippen LogP contribution in [0.15, 0.2) is 41.6 Å². The van der Waals surface area contributed by atoms with Gasteiger partial charge in [-0.2, -0.15) is 5.26 Å². The van der Waals surface area contributed by atoms with Crippen LogP contribution in [-0.2, 0) is 0 Å². The highest BCUT2D eigenvalue weighted by Crippen LogP contribution is 2.21. The molecular weight excluding hydrogens is 270 g/mol. The number of hydrogen-bond donors (Lipinski definition) is 3. The van der Waals surface area contributed by atoms with Crippen molar-refractivity contribution in [1.29, 1.82) is 5.26 Å². The molecule has 21 heavy (non-hydrogen) atoms. The first-order chi connectivity index (χ1) is 10.2. The number of H-pyrrole nitrogens is 2. The number of carbonyl (C=O) groups excluding carboxylic acids is 1. The zero-order valence-corrected chi connectivity index (χ0v) is 10.7. The van der Waals surface area contributed by atoms with Crippen LogP contribution in [0.5, 0.6) is 0 Å². The Bertz CT molecular complexity index is 932. The molecule has 7 nitrogen and oxygen atoms in total. The fourth-order valence-electron chi connectivity index (χ4n) is 1.98. The van der Waals surface area contributed by atoms with Crippen molar-refractivity contribution in [3.8, 4) is 6.07 Å². The van der Waals surface area contributed by atoms with E-state index in [0.29, 0.717) is 11.3 Å². The predicted octanol–water partition coefficient (Wildman–Crippen LogP) is 1.38. The highest BCUT2D eigenvalue weighted by atomic mass is 16.2. The van der Waals surface area contributed by atoms with Gasteiger partial charge >= 0.3 is 0 Å². The van der Waals surface area contributed by atoms with Gasteiger partial charge in [-0.25, -0.2) is 4.98 Å². The van der Waals surface area contributed by atoms with Gasteiger partial charge in [-0.1, -0.05) is 0 Å². The van der Waals surface area contributed by atoms with Gasteiger partial charge < -0.3 is 15.3 Å². The van der Waals surface area contributed by atoms with Crippen LogP contribution in [0.1, 0.15) is 16.1 Å². The van der Waals surface area contributed by atoms with E-state index in [1.54, 1.807) is 24.4 Å². The summed E-state index contributed by atoms with van der Waals surface area (Å²) < 4.78 is 0. The molecule has 0 fully saturated rings. The SMILES string of the molecule is N#Cc1c[nH]c2cc(NC(=O)c3cc(=O)[nH]cn3)ccc12. The van der Waals surface area contributed by atoms with Gasteiger partial charge in [0.2, 0.25) is 0 Å². The number of nitrogens with one attached hydrogen (secondary N) is 3. The molecule has 0 radical (unpaired) electrons. The largest absolute Gasteiger partial charge is 0.360 e. The summed E-state index contributed by atoms with van der Waals surface area (Å²) in [6, 6.07) is 8.33. The van der Waals surface area contributed by atoms with Crippen LogP contribution in [0.2, 0.25) is 0 Å². The van der Waals surface area contributed by atoms with E-state index in [-0.39, 0.29) is 5.69 Å². The molecule has 0 bridgehead atoms. The van der Waals surface area contributed by atoms with Gasteiger partial charge in [-0.3, -0.25) is 9.59 Å². The van der Waals surface area contributed by atoms with Gasteiger partial charge in [0.1, 0.15) is 11.8 Å². The summed E-state index contributed by atoms with van der Waals surface area (Å²) >= 11 is 0. The van der Waals surface area contributed by atoms with E-state index in [1.165, 1.54) is 6.33 Å². The minimum absolute atomic E-state index is 0.0306. The summed E-state index contributed by atoms with van der Waals surface area (Å²) in [5.74, 6) is -0.479. The third-order valence-electron chi connectivity index (χ3n) is 2.97. The lowest BCUT2D eigenvalue weighted by atomic mass is 10.2. The lowest BCUT2D eigenvalue weighted by Gasteiger charge is -2.04. The van der Waals surface area contributed by atoms with Crippen LogP contribution in [-0.4, -0.2) is 20.9 Å². The van der Waals surface area contributed by atoms with Crippen LogP contribution >= 0.6 is 0 Å². The summed E-state index contributed by atoms with van der Waals surface area (Å²) in [6.07, 6.45) is 2.78. The van der Waals surface area contributed by atoms with Gasteiger partial charge in [0, 0.05) is 28.9 Å². The van der Waals surface area contributed by atoms with Gasteiger partial charge in [0.15, 0.2) is 0 Å². The fourth-order valence-corrected chi connectivity index (χ4v) is 1.98. The first-order valence-electron chi connectivity index (χ1n) is 6.05. The number of aromatic nitrogens is 3. The zero-order valence-electron chi connectivity index (χ0n) is 10.7. The molecule has 0 spiro atoms. The second kappa shape index (κ2) is 4.94. The lowest BCUT2D eigenvalue weighted by Crippen LogP contribution is -2.17. The van der Waals surface area contributed by atoms with Crippen LogP contribution in [0, 0.1) is 11.3 Å². The normalized spacial score (nSPS) is 10.2. The maximum Gasteiger partial charge on any atom is 0.274 e. The smallest absolute Gasteiger partial charge is 0.274 e. The Balaban J connectivity index is 1.90. The minimum atomic E-state index is -0.479. The summed E-state index contributed by atoms with van der Waals surface area (Å²) in [5.41, 5.74) is 1.46. The number of amides is 1. The van der Waals surface area contributed by atoms with E-state index in [4.69, 9.17) is 5.26 Å². The molecule has 3 N–H and O–H groups in total. The summed E-state index contributed by atoms with van der Waals surface area (Å²) in [7, 11) is 0. The number of nitrogens with zero attached hydrogens (tertiary/aromatic N) is 2. The van der Waals surface area contributed by atoms with Crippen LogP contribution in [0.4, 0.5) is 5.69 Å². The second-order valence-electron chi connectivity index (χ2n) is 4.33. The maximum atomic E-state index is 12.0. The molecule has 0 saturated carbocycles. The minimum Gasteiger partial charge on any atom is -0.360 e. The van der Waals surface area contributed by atoms with E-state index in [1.807, 2.05) is 0 Å².